The Kier molecular flexibility index (Phi) is 22.0. The van der Waals surface area contributed by atoms with Gasteiger partial charge in [0.05, 0.1) is 65.0 Å². The maximum absolute atomic E-state index is 9.56. The minimum atomic E-state index is -0.870. The Labute approximate surface area is 577 Å². The standard InChI is InChI=1S/C16H14BNO2.3C14H11BN2O3.C13H10BN3O3/c1-11-8-13(18-3)4-7-16(11)20-14-5-6-15-12(9-14)10-19-17(15)2;1-9-5-11(16-2)7-17-14(9)20-12-3-4-13-10(6-12)8-19-15(13)18;1-9-5-14(17-7-13(9)16-2)20-11-3-4-12-10(6-11)8-19-15(12)18;1-9-2-3-10(7-16)14(17-9)20-12-4-5-13-11(6-12)8-19-15(13)18;1-8-12(15-2)6-16-13(17-8)20-10-3-4-11-9(5-10)7-19-14(11)18/h4-9H,10H2,1-2H3;2*3-7,18H,8H2,1H3;2-6,18H,8H2,1H3;3-6,18H,7H2,1H3. The van der Waals surface area contributed by atoms with Crippen LogP contribution >= 0.6 is 0 Å². The molecule has 0 spiro atoms. The van der Waals surface area contributed by atoms with Crippen LogP contribution in [-0.2, 0) is 56.3 Å². The van der Waals surface area contributed by atoms with Gasteiger partial charge in [0, 0.05) is 29.8 Å². The lowest BCUT2D eigenvalue weighted by Crippen LogP contribution is -2.27. The van der Waals surface area contributed by atoms with Gasteiger partial charge in [-0.05, 0) is 198 Å². The Morgan fingerprint density at radius 3 is 1.39 bits per heavy atom. The van der Waals surface area contributed by atoms with E-state index in [1.54, 1.807) is 97.9 Å². The Morgan fingerprint density at radius 1 is 0.430 bits per heavy atom. The fourth-order valence-corrected chi connectivity index (χ4v) is 10.7. The topological polar surface area (TPSA) is 279 Å². The first-order valence-corrected chi connectivity index (χ1v) is 30.9. The van der Waals surface area contributed by atoms with Gasteiger partial charge in [-0.15, -0.1) is 0 Å². The van der Waals surface area contributed by atoms with Gasteiger partial charge >= 0.3 is 41.4 Å². The summed E-state index contributed by atoms with van der Waals surface area (Å²) in [5, 5.41) is 47.3. The molecule has 29 heteroatoms. The number of rotatable bonds is 10. The van der Waals surface area contributed by atoms with Crippen LogP contribution in [-0.4, -0.2) is 80.4 Å². The van der Waals surface area contributed by atoms with Crippen molar-refractivity contribution in [2.75, 3.05) is 0 Å². The summed E-state index contributed by atoms with van der Waals surface area (Å²) < 4.78 is 54.6. The van der Waals surface area contributed by atoms with E-state index in [1.165, 1.54) is 29.6 Å². The monoisotopic (exact) mass is 1330 g/mol. The fraction of sp³-hybridized carbons (Fsp3) is 0.155. The molecule has 5 aliphatic rings. The van der Waals surface area contributed by atoms with Crippen LogP contribution in [0, 0.1) is 72.2 Å². The highest BCUT2D eigenvalue weighted by atomic mass is 16.5. The summed E-state index contributed by atoms with van der Waals surface area (Å²) in [5.74, 6) is 5.17. The third-order valence-corrected chi connectivity index (χ3v) is 16.0. The number of fused-ring (bicyclic) bond motifs is 5. The zero-order valence-corrected chi connectivity index (χ0v) is 54.7. The molecule has 0 radical (unpaired) electrons. The van der Waals surface area contributed by atoms with Gasteiger partial charge < -0.3 is 67.1 Å². The van der Waals surface area contributed by atoms with Crippen molar-refractivity contribution in [2.24, 2.45) is 0 Å². The second-order valence-electron chi connectivity index (χ2n) is 23.0. The number of nitriles is 1. The van der Waals surface area contributed by atoms with Crippen LogP contribution in [0.25, 0.3) is 19.4 Å². The van der Waals surface area contributed by atoms with E-state index >= 15 is 0 Å². The molecule has 0 saturated heterocycles. The van der Waals surface area contributed by atoms with Gasteiger partial charge in [0.25, 0.3) is 0 Å². The van der Waals surface area contributed by atoms with E-state index in [0.717, 1.165) is 78.0 Å². The molecule has 100 heavy (non-hydrogen) atoms. The molecular weight excluding hydrogens is 1270 g/mol. The minimum absolute atomic E-state index is 0.165. The molecule has 15 rings (SSSR count). The Morgan fingerprint density at radius 2 is 0.900 bits per heavy atom. The lowest BCUT2D eigenvalue weighted by Gasteiger charge is -2.10. The van der Waals surface area contributed by atoms with E-state index in [1.807, 2.05) is 64.1 Å². The van der Waals surface area contributed by atoms with E-state index in [4.69, 9.17) is 78.5 Å². The number of benzene rings is 6. The van der Waals surface area contributed by atoms with E-state index in [9.17, 15) is 20.1 Å². The molecule has 4 N–H and O–H groups in total. The van der Waals surface area contributed by atoms with Gasteiger partial charge in [-0.1, -0.05) is 43.2 Å². The SMILES string of the molecule is Cc1ccc(C#N)c(Oc2ccc3c(c2)COB3O)n1.[C-]#[N+]c1ccc(Oc2ccc3c(c2)COB3C)c(C)c1.[C-]#[N+]c1cnc(Oc2ccc3c(c2)COB3O)c(C)c1.[C-]#[N+]c1cnc(Oc2ccc3c(c2)COB3O)cc1C.[C-]#[N+]c1cnc(Oc2ccc3c(c2)COB3O)nc1C. The quantitative estimate of drug-likeness (QED) is 0.0731. The van der Waals surface area contributed by atoms with Crippen LogP contribution in [0.3, 0.4) is 0 Å². The first-order chi connectivity index (χ1) is 48.3. The van der Waals surface area contributed by atoms with E-state index in [0.29, 0.717) is 102 Å². The van der Waals surface area contributed by atoms with Crippen LogP contribution < -0.4 is 51.0 Å². The normalized spacial score (nSPS) is 12.9. The van der Waals surface area contributed by atoms with Crippen molar-refractivity contribution in [1.82, 2.24) is 24.9 Å². The van der Waals surface area contributed by atoms with Crippen LogP contribution in [0.1, 0.15) is 61.5 Å². The van der Waals surface area contributed by atoms with Gasteiger partial charge in [0.1, 0.15) is 46.1 Å². The summed E-state index contributed by atoms with van der Waals surface area (Å²) in [5.41, 5.74) is 15.4. The molecule has 0 fully saturated rings. The number of aryl methyl sites for hydroxylation is 5. The fourth-order valence-electron chi connectivity index (χ4n) is 10.7. The highest BCUT2D eigenvalue weighted by Gasteiger charge is 2.31. The molecule has 490 valence electrons. The number of hydrogen-bond acceptors (Lipinski definition) is 20. The van der Waals surface area contributed by atoms with Gasteiger partial charge in [0.15, 0.2) is 5.69 Å². The largest absolute Gasteiger partial charge is 0.491 e. The Hall–Kier alpha value is -11.7. The summed E-state index contributed by atoms with van der Waals surface area (Å²) in [4.78, 5) is 34.0. The first-order valence-electron chi connectivity index (χ1n) is 30.9. The van der Waals surface area contributed by atoms with E-state index in [2.05, 4.69) is 63.3 Å². The molecule has 0 aliphatic carbocycles. The predicted octanol–water partition coefficient (Wildman–Crippen LogP) is 10.2. The second-order valence-corrected chi connectivity index (χ2v) is 23.0. The maximum Gasteiger partial charge on any atom is 0.491 e. The Bertz CT molecular complexity index is 4740. The average molecular weight is 1330 g/mol. The molecule has 24 nitrogen and oxygen atoms in total. The highest BCUT2D eigenvalue weighted by molar-refractivity contribution is 6.67. The number of nitrogens with zero attached hydrogens (tertiary/aromatic N) is 10. The highest BCUT2D eigenvalue weighted by Crippen LogP contribution is 2.33. The molecule has 0 bridgehead atoms. The van der Waals surface area contributed by atoms with Crippen molar-refractivity contribution >= 4 is 85.5 Å². The summed E-state index contributed by atoms with van der Waals surface area (Å²) in [6.07, 6.45) is 4.42. The van der Waals surface area contributed by atoms with Crippen LogP contribution in [0.5, 0.6) is 58.1 Å². The zero-order valence-electron chi connectivity index (χ0n) is 54.7. The zero-order chi connectivity index (χ0) is 70.6. The smallest absolute Gasteiger partial charge is 0.457 e. The predicted molar refractivity (Wildman–Crippen MR) is 373 cm³/mol. The maximum atomic E-state index is 9.56. The third-order valence-electron chi connectivity index (χ3n) is 16.0. The number of aromatic nitrogens is 5. The van der Waals surface area contributed by atoms with Crippen molar-refractivity contribution in [2.45, 2.75) is 74.5 Å². The molecule has 0 saturated carbocycles. The van der Waals surface area contributed by atoms with Crippen LogP contribution in [0.15, 0.2) is 152 Å². The second kappa shape index (κ2) is 31.6. The average Bonchev–Trinajstić information content (AvgIpc) is 1.74. The summed E-state index contributed by atoms with van der Waals surface area (Å²) >= 11 is 0. The summed E-state index contributed by atoms with van der Waals surface area (Å²) in [7, 11) is -3.43. The van der Waals surface area contributed by atoms with E-state index < -0.39 is 28.5 Å². The third kappa shape index (κ3) is 16.8. The van der Waals surface area contributed by atoms with E-state index in [-0.39, 0.29) is 18.8 Å². The molecule has 0 atom stereocenters. The summed E-state index contributed by atoms with van der Waals surface area (Å²) in [6, 6.07) is 41.9. The number of ether oxygens (including phenoxy) is 5. The Balaban J connectivity index is 0.000000126. The molecular formula is C71H57B5N10O14. The molecule has 9 heterocycles. The molecule has 4 aromatic heterocycles. The molecule has 5 aliphatic heterocycles. The van der Waals surface area contributed by atoms with Crippen molar-refractivity contribution in [3.05, 3.63) is 259 Å². The van der Waals surface area contributed by atoms with Crippen molar-refractivity contribution in [1.29, 1.82) is 5.26 Å². The van der Waals surface area contributed by atoms with Crippen molar-refractivity contribution in [3.63, 3.8) is 0 Å². The molecule has 0 amide bonds. The summed E-state index contributed by atoms with van der Waals surface area (Å²) in [6.45, 7) is 41.4. The lowest BCUT2D eigenvalue weighted by molar-refractivity contribution is 0.274. The van der Waals surface area contributed by atoms with Crippen molar-refractivity contribution < 1.29 is 67.1 Å². The van der Waals surface area contributed by atoms with Gasteiger partial charge in [-0.25, -0.2) is 44.3 Å². The molecule has 10 aromatic rings. The molecule has 6 aromatic carbocycles. The van der Waals surface area contributed by atoms with Crippen LogP contribution in [0.4, 0.5) is 22.7 Å². The van der Waals surface area contributed by atoms with Crippen LogP contribution in [0.2, 0.25) is 6.82 Å². The molecule has 0 unspecified atom stereocenters. The lowest BCUT2D eigenvalue weighted by atomic mass is 9.64. The first kappa shape index (κ1) is 69.6. The minimum Gasteiger partial charge on any atom is -0.457 e. The van der Waals surface area contributed by atoms with Gasteiger partial charge in [0.2, 0.25) is 34.7 Å². The number of hydrogen-bond donors (Lipinski definition) is 4. The number of pyridine rings is 3. The van der Waals surface area contributed by atoms with Gasteiger partial charge in [-0.3, -0.25) is 0 Å². The van der Waals surface area contributed by atoms with Crippen molar-refractivity contribution in [3.8, 4) is 64.2 Å². The van der Waals surface area contributed by atoms with Gasteiger partial charge in [-0.2, -0.15) is 5.26 Å².